The van der Waals surface area contributed by atoms with E-state index < -0.39 is 11.9 Å². The van der Waals surface area contributed by atoms with Gasteiger partial charge in [-0.25, -0.2) is 9.59 Å². The highest BCUT2D eigenvalue weighted by Gasteiger charge is 2.01. The van der Waals surface area contributed by atoms with Gasteiger partial charge in [0, 0.05) is 16.6 Å². The molecule has 0 fully saturated rings. The Balaban J connectivity index is 2.29. The maximum absolute atomic E-state index is 11.4. The van der Waals surface area contributed by atoms with E-state index in [0.29, 0.717) is 6.61 Å². The molecule has 4 nitrogen and oxygen atoms in total. The first-order chi connectivity index (χ1) is 9.61. The van der Waals surface area contributed by atoms with Crippen LogP contribution in [0.25, 0.3) is 0 Å². The molecule has 0 heterocycles. The summed E-state index contributed by atoms with van der Waals surface area (Å²) >= 11 is 3.32. The lowest BCUT2D eigenvalue weighted by atomic mass is 10.2. The van der Waals surface area contributed by atoms with Gasteiger partial charge in [-0.05, 0) is 24.1 Å². The second kappa shape index (κ2) is 9.31. The van der Waals surface area contributed by atoms with Crippen LogP contribution in [0.15, 0.2) is 40.9 Å². The lowest BCUT2D eigenvalue weighted by Crippen LogP contribution is -2.05. The molecular formula is C15H17BrO4. The van der Waals surface area contributed by atoms with Gasteiger partial charge in [-0.2, -0.15) is 0 Å². The van der Waals surface area contributed by atoms with Crippen LogP contribution in [0.3, 0.4) is 0 Å². The third-order valence-electron chi connectivity index (χ3n) is 2.39. The van der Waals surface area contributed by atoms with E-state index in [1.165, 1.54) is 0 Å². The zero-order valence-corrected chi connectivity index (χ0v) is 12.9. The van der Waals surface area contributed by atoms with Crippen LogP contribution in [0.5, 0.6) is 0 Å². The molecule has 1 aromatic carbocycles. The van der Waals surface area contributed by atoms with Gasteiger partial charge in [0.25, 0.3) is 0 Å². The molecule has 0 atom stereocenters. The predicted octanol–water partition coefficient (Wildman–Crippen LogP) is 3.39. The number of halogens is 1. The predicted molar refractivity (Wildman–Crippen MR) is 78.9 cm³/mol. The van der Waals surface area contributed by atoms with Crippen molar-refractivity contribution in [2.75, 3.05) is 6.61 Å². The number of hydrogen-bond acceptors (Lipinski definition) is 4. The van der Waals surface area contributed by atoms with Crippen molar-refractivity contribution in [3.05, 3.63) is 46.5 Å². The van der Waals surface area contributed by atoms with Crippen LogP contribution in [-0.4, -0.2) is 18.5 Å². The van der Waals surface area contributed by atoms with Crippen LogP contribution in [0, 0.1) is 0 Å². The van der Waals surface area contributed by atoms with Crippen molar-refractivity contribution < 1.29 is 19.1 Å². The first-order valence-corrected chi connectivity index (χ1v) is 7.17. The molecule has 0 unspecified atom stereocenters. The van der Waals surface area contributed by atoms with Gasteiger partial charge >= 0.3 is 11.9 Å². The summed E-state index contributed by atoms with van der Waals surface area (Å²) in [4.78, 5) is 22.6. The van der Waals surface area contributed by atoms with Gasteiger partial charge in [0.2, 0.25) is 0 Å². The smallest absolute Gasteiger partial charge is 0.331 e. The second-order valence-corrected chi connectivity index (χ2v) is 5.00. The Morgan fingerprint density at radius 2 is 1.70 bits per heavy atom. The molecule has 0 bridgehead atoms. The van der Waals surface area contributed by atoms with Gasteiger partial charge in [-0.15, -0.1) is 0 Å². The van der Waals surface area contributed by atoms with E-state index in [4.69, 9.17) is 9.47 Å². The van der Waals surface area contributed by atoms with E-state index in [9.17, 15) is 9.59 Å². The molecule has 0 aromatic heterocycles. The van der Waals surface area contributed by atoms with Crippen molar-refractivity contribution in [2.24, 2.45) is 0 Å². The standard InChI is InChI=1S/C15H17BrO4/c1-2-3-10-19-14(17)8-9-15(18)20-11-12-4-6-13(16)7-5-12/h4-9H,2-3,10-11H2,1H3/b9-8+. The number of rotatable bonds is 7. The van der Waals surface area contributed by atoms with Crippen molar-refractivity contribution in [3.63, 3.8) is 0 Å². The molecule has 20 heavy (non-hydrogen) atoms. The van der Waals surface area contributed by atoms with Crippen molar-refractivity contribution in [1.82, 2.24) is 0 Å². The molecule has 0 spiro atoms. The van der Waals surface area contributed by atoms with Crippen molar-refractivity contribution in [2.45, 2.75) is 26.4 Å². The highest BCUT2D eigenvalue weighted by Crippen LogP contribution is 2.11. The summed E-state index contributed by atoms with van der Waals surface area (Å²) in [5, 5.41) is 0. The van der Waals surface area contributed by atoms with Crippen molar-refractivity contribution in [3.8, 4) is 0 Å². The van der Waals surface area contributed by atoms with E-state index in [1.54, 1.807) is 0 Å². The Bertz CT molecular complexity index is 465. The van der Waals surface area contributed by atoms with Gasteiger partial charge in [-0.1, -0.05) is 41.4 Å². The average Bonchev–Trinajstić information content (AvgIpc) is 2.45. The van der Waals surface area contributed by atoms with E-state index in [0.717, 1.165) is 35.0 Å². The Morgan fingerprint density at radius 3 is 2.30 bits per heavy atom. The molecule has 0 saturated carbocycles. The fraction of sp³-hybridized carbons (Fsp3) is 0.333. The fourth-order valence-electron chi connectivity index (χ4n) is 1.28. The number of hydrogen-bond donors (Lipinski definition) is 0. The molecule has 108 valence electrons. The third kappa shape index (κ3) is 7.09. The summed E-state index contributed by atoms with van der Waals surface area (Å²) in [7, 11) is 0. The van der Waals surface area contributed by atoms with E-state index in [2.05, 4.69) is 15.9 Å². The highest BCUT2D eigenvalue weighted by atomic mass is 79.9. The summed E-state index contributed by atoms with van der Waals surface area (Å²) < 4.78 is 10.8. The van der Waals surface area contributed by atoms with Crippen LogP contribution in [0.2, 0.25) is 0 Å². The minimum Gasteiger partial charge on any atom is -0.463 e. The minimum absolute atomic E-state index is 0.168. The minimum atomic E-state index is -0.569. The highest BCUT2D eigenvalue weighted by molar-refractivity contribution is 9.10. The normalized spacial score (nSPS) is 10.5. The van der Waals surface area contributed by atoms with Gasteiger partial charge in [0.15, 0.2) is 0 Å². The van der Waals surface area contributed by atoms with E-state index >= 15 is 0 Å². The molecular weight excluding hydrogens is 324 g/mol. The topological polar surface area (TPSA) is 52.6 Å². The van der Waals surface area contributed by atoms with Gasteiger partial charge < -0.3 is 9.47 Å². The van der Waals surface area contributed by atoms with Gasteiger partial charge in [0.1, 0.15) is 6.61 Å². The number of benzene rings is 1. The number of carbonyl (C=O) groups is 2. The molecule has 0 radical (unpaired) electrons. The van der Waals surface area contributed by atoms with E-state index in [1.807, 2.05) is 31.2 Å². The molecule has 0 saturated heterocycles. The molecule has 0 aliphatic heterocycles. The number of esters is 2. The van der Waals surface area contributed by atoms with Crippen LogP contribution in [0.4, 0.5) is 0 Å². The Hall–Kier alpha value is -1.62. The van der Waals surface area contributed by atoms with Crippen LogP contribution in [0.1, 0.15) is 25.3 Å². The van der Waals surface area contributed by atoms with Gasteiger partial charge in [-0.3, -0.25) is 0 Å². The maximum atomic E-state index is 11.4. The molecule has 1 aromatic rings. The Labute approximate surface area is 126 Å². The van der Waals surface area contributed by atoms with E-state index in [-0.39, 0.29) is 6.61 Å². The van der Waals surface area contributed by atoms with Crippen LogP contribution in [-0.2, 0) is 25.7 Å². The molecule has 0 amide bonds. The Morgan fingerprint density at radius 1 is 1.10 bits per heavy atom. The number of ether oxygens (including phenoxy) is 2. The Kier molecular flexibility index (Phi) is 7.65. The van der Waals surface area contributed by atoms with Gasteiger partial charge in [0.05, 0.1) is 6.61 Å². The number of carbonyl (C=O) groups excluding carboxylic acids is 2. The zero-order valence-electron chi connectivity index (χ0n) is 11.3. The van der Waals surface area contributed by atoms with Crippen LogP contribution >= 0.6 is 15.9 Å². The summed E-state index contributed by atoms with van der Waals surface area (Å²) in [6, 6.07) is 7.42. The average molecular weight is 341 g/mol. The maximum Gasteiger partial charge on any atom is 0.331 e. The second-order valence-electron chi connectivity index (χ2n) is 4.09. The first-order valence-electron chi connectivity index (χ1n) is 6.38. The van der Waals surface area contributed by atoms with Crippen LogP contribution < -0.4 is 0 Å². The quantitative estimate of drug-likeness (QED) is 0.433. The van der Waals surface area contributed by atoms with Crippen molar-refractivity contribution in [1.29, 1.82) is 0 Å². The fourth-order valence-corrected chi connectivity index (χ4v) is 1.55. The van der Waals surface area contributed by atoms with Crippen molar-refractivity contribution >= 4 is 27.9 Å². The lowest BCUT2D eigenvalue weighted by Gasteiger charge is -2.02. The number of unbranched alkanes of at least 4 members (excludes halogenated alkanes) is 1. The zero-order chi connectivity index (χ0) is 14.8. The summed E-state index contributed by atoms with van der Waals surface area (Å²) in [6.45, 7) is 2.54. The SMILES string of the molecule is CCCCOC(=O)/C=C/C(=O)OCc1ccc(Br)cc1. The summed E-state index contributed by atoms with van der Waals surface area (Å²) in [5.74, 6) is -1.10. The first kappa shape index (κ1) is 16.4. The monoisotopic (exact) mass is 340 g/mol. The summed E-state index contributed by atoms with van der Waals surface area (Å²) in [6.07, 6.45) is 3.92. The lowest BCUT2D eigenvalue weighted by molar-refractivity contribution is -0.141. The third-order valence-corrected chi connectivity index (χ3v) is 2.92. The summed E-state index contributed by atoms with van der Waals surface area (Å²) in [5.41, 5.74) is 0.875. The molecule has 0 aliphatic carbocycles. The largest absolute Gasteiger partial charge is 0.463 e. The molecule has 5 heteroatoms. The molecule has 0 N–H and O–H groups in total. The molecule has 1 rings (SSSR count). The molecule has 0 aliphatic rings.